The van der Waals surface area contributed by atoms with Crippen LogP contribution in [0, 0.1) is 18.3 Å². The molecule has 1 aliphatic carbocycles. The minimum atomic E-state index is -0.439. The van der Waals surface area contributed by atoms with Crippen LogP contribution in [0.1, 0.15) is 81.8 Å². The van der Waals surface area contributed by atoms with Gasteiger partial charge in [0.1, 0.15) is 28.4 Å². The van der Waals surface area contributed by atoms with E-state index in [0.717, 1.165) is 25.7 Å². The van der Waals surface area contributed by atoms with Crippen molar-refractivity contribution in [1.29, 1.82) is 0 Å². The molecule has 3 rings (SSSR count). The van der Waals surface area contributed by atoms with Gasteiger partial charge in [-0.15, -0.1) is 0 Å². The third-order valence-corrected chi connectivity index (χ3v) is 6.69. The number of hydrogen-bond acceptors (Lipinski definition) is 4. The van der Waals surface area contributed by atoms with Crippen LogP contribution in [0.25, 0.3) is 0 Å². The lowest BCUT2D eigenvalue weighted by atomic mass is 9.75. The predicted molar refractivity (Wildman–Crippen MR) is 116 cm³/mol. The molecule has 29 heavy (non-hydrogen) atoms. The molecule has 1 aromatic rings. The second-order valence-electron chi connectivity index (χ2n) is 9.77. The highest BCUT2D eigenvalue weighted by Gasteiger charge is 2.43. The molecule has 1 aliphatic heterocycles. The van der Waals surface area contributed by atoms with Gasteiger partial charge in [-0.05, 0) is 58.8 Å². The van der Waals surface area contributed by atoms with Crippen molar-refractivity contribution in [1.82, 2.24) is 0 Å². The third kappa shape index (κ3) is 4.08. The van der Waals surface area contributed by atoms with E-state index in [4.69, 9.17) is 4.74 Å². The van der Waals surface area contributed by atoms with Crippen LogP contribution < -0.4 is 4.74 Å². The van der Waals surface area contributed by atoms with E-state index in [2.05, 4.69) is 45.9 Å². The van der Waals surface area contributed by atoms with Gasteiger partial charge in [-0.2, -0.15) is 0 Å². The van der Waals surface area contributed by atoms with Crippen molar-refractivity contribution in [2.45, 2.75) is 79.2 Å². The largest absolute Gasteiger partial charge is 0.507 e. The molecule has 0 radical (unpaired) electrons. The second kappa shape index (κ2) is 7.55. The van der Waals surface area contributed by atoms with E-state index in [-0.39, 0.29) is 34.2 Å². The molecule has 1 aromatic carbocycles. The zero-order valence-corrected chi connectivity index (χ0v) is 18.6. The maximum Gasteiger partial charge on any atom is 0.167 e. The van der Waals surface area contributed by atoms with E-state index >= 15 is 0 Å². The topological polar surface area (TPSA) is 66.8 Å². The van der Waals surface area contributed by atoms with Crippen LogP contribution in [0.5, 0.6) is 17.2 Å². The summed E-state index contributed by atoms with van der Waals surface area (Å²) >= 11 is 0. The summed E-state index contributed by atoms with van der Waals surface area (Å²) in [6, 6.07) is 0. The molecule has 2 atom stereocenters. The zero-order valence-electron chi connectivity index (χ0n) is 18.6. The fraction of sp³-hybridized carbons (Fsp3) is 0.560. The molecule has 0 saturated carbocycles. The number of allylic oxidation sites excluding steroid dienone is 3. The molecule has 0 unspecified atom stereocenters. The Balaban J connectivity index is 2.09. The Bertz CT molecular complexity index is 891. The van der Waals surface area contributed by atoms with E-state index in [1.165, 1.54) is 12.5 Å². The first-order valence-electron chi connectivity index (χ1n) is 10.6. The lowest BCUT2D eigenvalue weighted by molar-refractivity contribution is 0.00645. The number of carbonyl (C=O) groups excluding carboxylic acids is 1. The van der Waals surface area contributed by atoms with Gasteiger partial charge in [0.15, 0.2) is 5.78 Å². The maximum absolute atomic E-state index is 12.0. The SMILES string of the molecule is CC(=O)c1c(O)c(C)c2c(c1O)C[C@H]1CC/C(C)=C/CC(C)(C)/C=C/C[C@]1(C)O2. The Morgan fingerprint density at radius 1 is 1.14 bits per heavy atom. The third-order valence-electron chi connectivity index (χ3n) is 6.69. The second-order valence-corrected chi connectivity index (χ2v) is 9.77. The smallest absolute Gasteiger partial charge is 0.167 e. The van der Waals surface area contributed by atoms with Gasteiger partial charge >= 0.3 is 0 Å². The first-order valence-corrected chi connectivity index (χ1v) is 10.6. The molecule has 0 fully saturated rings. The van der Waals surface area contributed by atoms with Crippen LogP contribution in [-0.2, 0) is 6.42 Å². The highest BCUT2D eigenvalue weighted by molar-refractivity contribution is 6.01. The summed E-state index contributed by atoms with van der Waals surface area (Å²) in [5.74, 6) is 0.0712. The van der Waals surface area contributed by atoms with E-state index in [1.54, 1.807) is 6.92 Å². The average Bonchev–Trinajstić information content (AvgIpc) is 2.64. The minimum absolute atomic E-state index is 0.00263. The van der Waals surface area contributed by atoms with Crippen molar-refractivity contribution >= 4 is 5.78 Å². The van der Waals surface area contributed by atoms with E-state index in [1.807, 2.05) is 0 Å². The van der Waals surface area contributed by atoms with Crippen molar-refractivity contribution in [2.75, 3.05) is 0 Å². The maximum atomic E-state index is 12.0. The van der Waals surface area contributed by atoms with E-state index < -0.39 is 5.60 Å². The summed E-state index contributed by atoms with van der Waals surface area (Å²) < 4.78 is 6.52. The van der Waals surface area contributed by atoms with Gasteiger partial charge in [-0.1, -0.05) is 37.6 Å². The van der Waals surface area contributed by atoms with Crippen molar-refractivity contribution in [3.05, 3.63) is 40.5 Å². The Morgan fingerprint density at radius 2 is 1.83 bits per heavy atom. The first-order chi connectivity index (χ1) is 13.4. The molecule has 0 saturated heterocycles. The number of phenols is 2. The fourth-order valence-electron chi connectivity index (χ4n) is 4.57. The quantitative estimate of drug-likeness (QED) is 0.448. The summed E-state index contributed by atoms with van der Waals surface area (Å²) in [6.07, 6.45) is 11.1. The van der Waals surface area contributed by atoms with Crippen LogP contribution in [0.15, 0.2) is 23.8 Å². The number of aromatic hydroxyl groups is 2. The van der Waals surface area contributed by atoms with Gasteiger partial charge in [0.05, 0.1) is 0 Å². The van der Waals surface area contributed by atoms with Crippen LogP contribution in [0.3, 0.4) is 0 Å². The molecule has 0 aromatic heterocycles. The summed E-state index contributed by atoms with van der Waals surface area (Å²) in [5.41, 5.74) is 2.20. The van der Waals surface area contributed by atoms with Gasteiger partial charge in [-0.25, -0.2) is 0 Å². The van der Waals surface area contributed by atoms with Crippen LogP contribution >= 0.6 is 0 Å². The number of Topliss-reactive ketones (excluding diaryl/α,β-unsaturated/α-hetero) is 1. The molecular formula is C25H34O4. The van der Waals surface area contributed by atoms with E-state index in [0.29, 0.717) is 23.3 Å². The molecule has 1 heterocycles. The Hall–Kier alpha value is -2.23. The number of benzene rings is 1. The number of hydrogen-bond donors (Lipinski definition) is 2. The van der Waals surface area contributed by atoms with Crippen molar-refractivity contribution in [3.8, 4) is 17.2 Å². The zero-order chi connectivity index (χ0) is 21.6. The highest BCUT2D eigenvalue weighted by atomic mass is 16.5. The number of ketones is 1. The molecule has 0 spiro atoms. The molecule has 2 aliphatic rings. The van der Waals surface area contributed by atoms with Crippen molar-refractivity contribution in [2.24, 2.45) is 11.3 Å². The summed E-state index contributed by atoms with van der Waals surface area (Å²) in [5, 5.41) is 21.3. The van der Waals surface area contributed by atoms with Gasteiger partial charge in [0.2, 0.25) is 0 Å². The predicted octanol–water partition coefficient (Wildman–Crippen LogP) is 6.02. The van der Waals surface area contributed by atoms with Crippen LogP contribution in [0.4, 0.5) is 0 Å². The number of fused-ring (bicyclic) bond motifs is 2. The lowest BCUT2D eigenvalue weighted by Gasteiger charge is -2.43. The van der Waals surface area contributed by atoms with Crippen molar-refractivity contribution in [3.63, 3.8) is 0 Å². The number of ether oxygens (including phenoxy) is 1. The molecule has 2 N–H and O–H groups in total. The van der Waals surface area contributed by atoms with E-state index in [9.17, 15) is 15.0 Å². The molecule has 4 nitrogen and oxygen atoms in total. The van der Waals surface area contributed by atoms with Crippen molar-refractivity contribution < 1.29 is 19.7 Å². The Labute approximate surface area is 174 Å². The number of rotatable bonds is 1. The summed E-state index contributed by atoms with van der Waals surface area (Å²) in [6.45, 7) is 11.9. The highest BCUT2D eigenvalue weighted by Crippen LogP contribution is 2.50. The van der Waals surface area contributed by atoms with Crippen LogP contribution in [0.2, 0.25) is 0 Å². The number of carbonyl (C=O) groups is 1. The molecule has 158 valence electrons. The fourth-order valence-corrected chi connectivity index (χ4v) is 4.57. The summed E-state index contributed by atoms with van der Waals surface area (Å²) in [4.78, 5) is 12.0. The van der Waals surface area contributed by atoms with Gasteiger partial charge < -0.3 is 14.9 Å². The first kappa shape index (κ1) is 21.5. The monoisotopic (exact) mass is 398 g/mol. The van der Waals surface area contributed by atoms with Gasteiger partial charge in [0.25, 0.3) is 0 Å². The summed E-state index contributed by atoms with van der Waals surface area (Å²) in [7, 11) is 0. The molecule has 0 bridgehead atoms. The average molecular weight is 399 g/mol. The lowest BCUT2D eigenvalue weighted by Crippen LogP contribution is -2.45. The van der Waals surface area contributed by atoms with Gasteiger partial charge in [0, 0.05) is 23.5 Å². The normalized spacial score (nSPS) is 29.3. The molecule has 0 amide bonds. The van der Waals surface area contributed by atoms with Crippen LogP contribution in [-0.4, -0.2) is 21.6 Å². The Morgan fingerprint density at radius 3 is 2.48 bits per heavy atom. The minimum Gasteiger partial charge on any atom is -0.507 e. The molecule has 4 heteroatoms. The standard InChI is InChI=1S/C25H34O4/c1-15-8-9-18-14-19-22(28)20(17(3)26)21(27)16(2)23(19)29-25(18,6)12-7-11-24(4,5)13-10-15/h7,10-11,18,27-28H,8-9,12-14H2,1-6H3/b11-7+,15-10+/t18-,25+/m1/s1. The van der Waals surface area contributed by atoms with Gasteiger partial charge in [-0.3, -0.25) is 4.79 Å². The Kier molecular flexibility index (Phi) is 5.59. The molecular weight excluding hydrogens is 364 g/mol. The number of phenolic OH excluding ortho intramolecular Hbond substituents is 2.